The number of hydrogen-bond acceptors (Lipinski definition) is 3. The van der Waals surface area contributed by atoms with E-state index in [1.54, 1.807) is 0 Å². The fourth-order valence-electron chi connectivity index (χ4n) is 4.85. The van der Waals surface area contributed by atoms with Crippen molar-refractivity contribution in [3.8, 4) is 0 Å². The number of halogens is 2. The zero-order valence-corrected chi connectivity index (χ0v) is 19.5. The Morgan fingerprint density at radius 2 is 1.94 bits per heavy atom. The number of hydrogen-bond donors (Lipinski definition) is 2. The van der Waals surface area contributed by atoms with Gasteiger partial charge < -0.3 is 15.2 Å². The lowest BCUT2D eigenvalue weighted by Gasteiger charge is -2.27. The predicted molar refractivity (Wildman–Crippen MR) is 131 cm³/mol. The summed E-state index contributed by atoms with van der Waals surface area (Å²) in [6, 6.07) is 7.94. The molecule has 0 amide bonds. The largest absolute Gasteiger partial charge is 0.355 e. The maximum absolute atomic E-state index is 14.2. The summed E-state index contributed by atoms with van der Waals surface area (Å²) in [4.78, 5) is 5.08. The Bertz CT molecular complexity index is 1170. The van der Waals surface area contributed by atoms with E-state index in [2.05, 4.69) is 27.3 Å². The summed E-state index contributed by atoms with van der Waals surface area (Å²) >= 11 is 6.61. The van der Waals surface area contributed by atoms with Crippen molar-refractivity contribution in [1.82, 2.24) is 14.9 Å². The Hall–Kier alpha value is -2.37. The van der Waals surface area contributed by atoms with E-state index >= 15 is 0 Å². The number of imidazole rings is 1. The van der Waals surface area contributed by atoms with Crippen LogP contribution >= 0.6 is 11.6 Å². The zero-order valence-electron chi connectivity index (χ0n) is 18.8. The quantitative estimate of drug-likeness (QED) is 0.476. The predicted octanol–water partition coefficient (Wildman–Crippen LogP) is 6.08. The van der Waals surface area contributed by atoms with Crippen molar-refractivity contribution < 1.29 is 4.39 Å². The van der Waals surface area contributed by atoms with Crippen molar-refractivity contribution in [2.45, 2.75) is 46.1 Å². The highest BCUT2D eigenvalue weighted by molar-refractivity contribution is 6.31. The number of allylic oxidation sites excluding steroid dienone is 2. The maximum atomic E-state index is 14.2. The van der Waals surface area contributed by atoms with Gasteiger partial charge in [0.1, 0.15) is 5.82 Å². The average Bonchev–Trinajstić information content (AvgIpc) is 3.08. The van der Waals surface area contributed by atoms with Crippen LogP contribution in [0, 0.1) is 25.6 Å². The summed E-state index contributed by atoms with van der Waals surface area (Å²) in [6.07, 6.45) is 6.96. The molecule has 1 aliphatic heterocycles. The highest BCUT2D eigenvalue weighted by Crippen LogP contribution is 2.35. The minimum Gasteiger partial charge on any atom is -0.355 e. The third kappa shape index (κ3) is 4.16. The minimum absolute atomic E-state index is 0.130. The van der Waals surface area contributed by atoms with Crippen LogP contribution in [0.3, 0.4) is 0 Å². The van der Waals surface area contributed by atoms with E-state index in [1.165, 1.54) is 18.4 Å². The summed E-state index contributed by atoms with van der Waals surface area (Å²) in [5.74, 6) is 1.34. The molecule has 1 aliphatic carbocycles. The second-order valence-electron chi connectivity index (χ2n) is 9.27. The molecule has 1 fully saturated rings. The highest BCUT2D eigenvalue weighted by Gasteiger charge is 2.21. The normalized spacial score (nSPS) is 16.8. The lowest BCUT2D eigenvalue weighted by Crippen LogP contribution is -2.45. The van der Waals surface area contributed by atoms with Crippen molar-refractivity contribution in [3.63, 3.8) is 0 Å². The molecule has 0 spiro atoms. The van der Waals surface area contributed by atoms with Gasteiger partial charge in [0, 0.05) is 36.1 Å². The molecular formula is C26H30ClFN4. The van der Waals surface area contributed by atoms with Crippen LogP contribution < -0.4 is 10.6 Å². The molecule has 0 bridgehead atoms. The van der Waals surface area contributed by atoms with Gasteiger partial charge in [0.2, 0.25) is 5.95 Å². The van der Waals surface area contributed by atoms with Crippen molar-refractivity contribution in [1.29, 1.82) is 0 Å². The van der Waals surface area contributed by atoms with E-state index in [1.807, 2.05) is 32.0 Å². The lowest BCUT2D eigenvalue weighted by molar-refractivity contribution is 0.364. The average molecular weight is 453 g/mol. The van der Waals surface area contributed by atoms with Crippen molar-refractivity contribution in [2.24, 2.45) is 5.92 Å². The molecule has 0 atom stereocenters. The van der Waals surface area contributed by atoms with Crippen LogP contribution in [0.15, 0.2) is 30.3 Å². The van der Waals surface area contributed by atoms with Crippen LogP contribution in [0.25, 0.3) is 16.6 Å². The van der Waals surface area contributed by atoms with Crippen molar-refractivity contribution >= 4 is 34.2 Å². The number of anilines is 1. The topological polar surface area (TPSA) is 41.9 Å². The molecule has 0 unspecified atom stereocenters. The van der Waals surface area contributed by atoms with Gasteiger partial charge >= 0.3 is 0 Å². The van der Waals surface area contributed by atoms with E-state index in [0.29, 0.717) is 23.6 Å². The molecule has 6 heteroatoms. The first-order valence-corrected chi connectivity index (χ1v) is 12.0. The van der Waals surface area contributed by atoms with Crippen molar-refractivity contribution in [2.75, 3.05) is 25.0 Å². The Morgan fingerprint density at radius 1 is 1.16 bits per heavy atom. The first kappa shape index (κ1) is 21.5. The SMILES string of the molecule is Cc1cc(Cn2c(NCC3CNC3)nc3c(C4=CCCCC4)cc(Cl)cc32)cc(C)c1F. The molecule has 3 aromatic rings. The van der Waals surface area contributed by atoms with Crippen LogP contribution in [-0.2, 0) is 6.54 Å². The molecular weight excluding hydrogens is 423 g/mol. The smallest absolute Gasteiger partial charge is 0.204 e. The van der Waals surface area contributed by atoms with E-state index in [0.717, 1.165) is 65.6 Å². The summed E-state index contributed by atoms with van der Waals surface area (Å²) in [5.41, 5.74) is 6.91. The van der Waals surface area contributed by atoms with Gasteiger partial charge in [-0.05, 0) is 73.9 Å². The van der Waals surface area contributed by atoms with Gasteiger partial charge in [-0.3, -0.25) is 0 Å². The Morgan fingerprint density at radius 3 is 2.59 bits per heavy atom. The number of fused-ring (bicyclic) bond motifs is 1. The number of benzene rings is 2. The van der Waals surface area contributed by atoms with Crippen LogP contribution in [0.1, 0.15) is 47.9 Å². The summed E-state index contributed by atoms with van der Waals surface area (Å²) < 4.78 is 16.4. The van der Waals surface area contributed by atoms with Crippen LogP contribution in [0.2, 0.25) is 5.02 Å². The summed E-state index contributed by atoms with van der Waals surface area (Å²) in [7, 11) is 0. The molecule has 1 saturated heterocycles. The van der Waals surface area contributed by atoms with Gasteiger partial charge in [-0.2, -0.15) is 0 Å². The molecule has 2 aromatic carbocycles. The van der Waals surface area contributed by atoms with E-state index < -0.39 is 0 Å². The van der Waals surface area contributed by atoms with Crippen molar-refractivity contribution in [3.05, 3.63) is 63.4 Å². The first-order chi connectivity index (χ1) is 15.5. The van der Waals surface area contributed by atoms with E-state index in [-0.39, 0.29) is 5.82 Å². The number of rotatable bonds is 6. The van der Waals surface area contributed by atoms with Crippen LogP contribution in [0.4, 0.5) is 10.3 Å². The molecule has 2 aliphatic rings. The fourth-order valence-corrected chi connectivity index (χ4v) is 5.06. The van der Waals surface area contributed by atoms with Gasteiger partial charge in [0.15, 0.2) is 0 Å². The molecule has 168 valence electrons. The number of aryl methyl sites for hydroxylation is 2. The molecule has 2 N–H and O–H groups in total. The molecule has 5 rings (SSSR count). The second-order valence-corrected chi connectivity index (χ2v) is 9.70. The Kier molecular flexibility index (Phi) is 5.95. The van der Waals surface area contributed by atoms with Gasteiger partial charge in [0.25, 0.3) is 0 Å². The minimum atomic E-state index is -0.130. The van der Waals surface area contributed by atoms with Gasteiger partial charge in [0.05, 0.1) is 17.6 Å². The molecule has 2 heterocycles. The molecule has 4 nitrogen and oxygen atoms in total. The summed E-state index contributed by atoms with van der Waals surface area (Å²) in [5, 5.41) is 7.64. The first-order valence-electron chi connectivity index (χ1n) is 11.6. The lowest BCUT2D eigenvalue weighted by atomic mass is 9.93. The second kappa shape index (κ2) is 8.87. The fraction of sp³-hybridized carbons (Fsp3) is 0.423. The zero-order chi connectivity index (χ0) is 22.2. The van der Waals surface area contributed by atoms with Crippen LogP contribution in [-0.4, -0.2) is 29.2 Å². The van der Waals surface area contributed by atoms with Gasteiger partial charge in [-0.25, -0.2) is 9.37 Å². The monoisotopic (exact) mass is 452 g/mol. The molecule has 0 saturated carbocycles. The van der Waals surface area contributed by atoms with Gasteiger partial charge in [-0.15, -0.1) is 0 Å². The standard InChI is InChI=1S/C26H30ClFN4/c1-16-8-18(9-17(2)24(16)28)15-32-23-11-21(27)10-22(20-6-4-3-5-7-20)25(23)31-26(32)30-14-19-12-29-13-19/h6,8-11,19,29H,3-5,7,12-15H2,1-2H3,(H,30,31). The molecule has 0 radical (unpaired) electrons. The maximum Gasteiger partial charge on any atom is 0.204 e. The number of nitrogens with zero attached hydrogens (tertiary/aromatic N) is 2. The van der Waals surface area contributed by atoms with Gasteiger partial charge in [-0.1, -0.05) is 29.8 Å². The van der Waals surface area contributed by atoms with E-state index in [9.17, 15) is 4.39 Å². The summed E-state index contributed by atoms with van der Waals surface area (Å²) in [6.45, 7) is 7.21. The van der Waals surface area contributed by atoms with Crippen LogP contribution in [0.5, 0.6) is 0 Å². The Labute approximate surface area is 193 Å². The highest BCUT2D eigenvalue weighted by atomic mass is 35.5. The Balaban J connectivity index is 1.61. The molecule has 1 aromatic heterocycles. The van der Waals surface area contributed by atoms with E-state index in [4.69, 9.17) is 16.6 Å². The molecule has 32 heavy (non-hydrogen) atoms. The number of nitrogens with one attached hydrogen (secondary N) is 2. The third-order valence-corrected chi connectivity index (χ3v) is 6.93. The third-order valence-electron chi connectivity index (χ3n) is 6.71. The number of aromatic nitrogens is 2.